The summed E-state index contributed by atoms with van der Waals surface area (Å²) >= 11 is 0. The van der Waals surface area contributed by atoms with Crippen molar-refractivity contribution in [2.24, 2.45) is 5.92 Å². The number of carbonyl (C=O) groups excluding carboxylic acids is 2. The second kappa shape index (κ2) is 10.0. The maximum Gasteiger partial charge on any atom is 0.315 e. The summed E-state index contributed by atoms with van der Waals surface area (Å²) < 4.78 is 0. The summed E-state index contributed by atoms with van der Waals surface area (Å²) in [7, 11) is 0. The lowest BCUT2D eigenvalue weighted by Gasteiger charge is -2.23. The van der Waals surface area contributed by atoms with Gasteiger partial charge in [0.15, 0.2) is 0 Å². The molecule has 0 heterocycles. The molecule has 3 N–H and O–H groups in total. The average Bonchev–Trinajstić information content (AvgIpc) is 2.43. The lowest BCUT2D eigenvalue weighted by atomic mass is 10.1. The van der Waals surface area contributed by atoms with Crippen molar-refractivity contribution in [3.63, 3.8) is 0 Å². The van der Waals surface area contributed by atoms with Gasteiger partial charge in [-0.1, -0.05) is 6.92 Å². The van der Waals surface area contributed by atoms with Crippen LogP contribution in [0.25, 0.3) is 0 Å². The number of likely N-dealkylation sites (N-methyl/N-ethyl adjacent to an activating group) is 1. The van der Waals surface area contributed by atoms with Gasteiger partial charge in [-0.3, -0.25) is 9.59 Å². The number of aliphatic carboxylic acids is 1. The molecule has 0 aliphatic heterocycles. The lowest BCUT2D eigenvalue weighted by molar-refractivity contribution is -0.137. The van der Waals surface area contributed by atoms with E-state index in [9.17, 15) is 14.4 Å². The van der Waals surface area contributed by atoms with Gasteiger partial charge in [0.2, 0.25) is 5.91 Å². The first-order valence-corrected chi connectivity index (χ1v) is 7.36. The Balaban J connectivity index is 4.08. The van der Waals surface area contributed by atoms with Crippen molar-refractivity contribution in [2.45, 2.75) is 46.6 Å². The molecule has 21 heavy (non-hydrogen) atoms. The summed E-state index contributed by atoms with van der Waals surface area (Å²) in [4.78, 5) is 35.8. The molecule has 122 valence electrons. The second-order valence-corrected chi connectivity index (χ2v) is 5.12. The Morgan fingerprint density at radius 2 is 1.71 bits per heavy atom. The molecule has 0 bridgehead atoms. The number of hydrogen-bond donors (Lipinski definition) is 3. The number of nitrogens with zero attached hydrogens (tertiary/aromatic N) is 1. The molecule has 0 fully saturated rings. The van der Waals surface area contributed by atoms with Gasteiger partial charge >= 0.3 is 12.0 Å². The Morgan fingerprint density at radius 1 is 1.14 bits per heavy atom. The van der Waals surface area contributed by atoms with Gasteiger partial charge in [0.25, 0.3) is 0 Å². The Labute approximate surface area is 126 Å². The van der Waals surface area contributed by atoms with Crippen LogP contribution in [0.3, 0.4) is 0 Å². The van der Waals surface area contributed by atoms with E-state index in [4.69, 9.17) is 5.11 Å². The van der Waals surface area contributed by atoms with Gasteiger partial charge in [-0.15, -0.1) is 0 Å². The van der Waals surface area contributed by atoms with Crippen LogP contribution in [-0.4, -0.2) is 53.6 Å². The van der Waals surface area contributed by atoms with Crippen molar-refractivity contribution in [1.29, 1.82) is 0 Å². The van der Waals surface area contributed by atoms with E-state index in [1.54, 1.807) is 11.8 Å². The fraction of sp³-hybridized carbons (Fsp3) is 0.786. The van der Waals surface area contributed by atoms with Crippen LogP contribution in [0.1, 0.15) is 40.5 Å². The van der Waals surface area contributed by atoms with Crippen molar-refractivity contribution in [3.8, 4) is 0 Å². The van der Waals surface area contributed by atoms with Crippen molar-refractivity contribution < 1.29 is 19.5 Å². The Morgan fingerprint density at radius 3 is 2.19 bits per heavy atom. The molecule has 0 aliphatic carbocycles. The average molecular weight is 301 g/mol. The van der Waals surface area contributed by atoms with Crippen LogP contribution in [0.2, 0.25) is 0 Å². The predicted molar refractivity (Wildman–Crippen MR) is 80.0 cm³/mol. The van der Waals surface area contributed by atoms with E-state index in [0.29, 0.717) is 26.1 Å². The van der Waals surface area contributed by atoms with Crippen molar-refractivity contribution in [3.05, 3.63) is 0 Å². The zero-order chi connectivity index (χ0) is 16.4. The molecule has 0 saturated carbocycles. The van der Waals surface area contributed by atoms with E-state index in [1.165, 1.54) is 0 Å². The molecule has 0 aromatic rings. The molecule has 2 unspecified atom stereocenters. The van der Waals surface area contributed by atoms with Crippen LogP contribution in [0.5, 0.6) is 0 Å². The first-order chi connectivity index (χ1) is 9.81. The number of carbonyl (C=O) groups is 3. The second-order valence-electron chi connectivity index (χ2n) is 5.12. The van der Waals surface area contributed by atoms with Crippen LogP contribution >= 0.6 is 0 Å². The highest BCUT2D eigenvalue weighted by atomic mass is 16.4. The largest absolute Gasteiger partial charge is 0.481 e. The summed E-state index contributed by atoms with van der Waals surface area (Å²) in [5.41, 5.74) is 0. The zero-order valence-electron chi connectivity index (χ0n) is 13.3. The lowest BCUT2D eigenvalue weighted by Crippen LogP contribution is -2.50. The number of carboxylic acid groups (broad SMARTS) is 1. The monoisotopic (exact) mass is 301 g/mol. The first-order valence-electron chi connectivity index (χ1n) is 7.36. The highest BCUT2D eigenvalue weighted by Gasteiger charge is 2.19. The van der Waals surface area contributed by atoms with Gasteiger partial charge in [-0.2, -0.15) is 0 Å². The van der Waals surface area contributed by atoms with Gasteiger partial charge in [0.1, 0.15) is 6.04 Å². The quantitative estimate of drug-likeness (QED) is 0.592. The van der Waals surface area contributed by atoms with Crippen LogP contribution in [-0.2, 0) is 9.59 Å². The molecule has 0 aliphatic rings. The zero-order valence-corrected chi connectivity index (χ0v) is 13.3. The fourth-order valence-corrected chi connectivity index (χ4v) is 1.86. The standard InChI is InChI=1S/C14H27N3O4/c1-5-17(6-2)13(20)11(4)16-14(21)15-9-10(3)7-8-12(18)19/h10-11H,5-9H2,1-4H3,(H,18,19)(H2,15,16,21). The summed E-state index contributed by atoms with van der Waals surface area (Å²) in [5.74, 6) is -0.889. The minimum atomic E-state index is -0.843. The topological polar surface area (TPSA) is 98.7 Å². The van der Waals surface area contributed by atoms with Gasteiger partial charge in [-0.05, 0) is 33.1 Å². The minimum Gasteiger partial charge on any atom is -0.481 e. The number of nitrogens with one attached hydrogen (secondary N) is 2. The maximum absolute atomic E-state index is 12.0. The molecule has 0 spiro atoms. The van der Waals surface area contributed by atoms with E-state index in [-0.39, 0.29) is 18.2 Å². The molecule has 0 aromatic carbocycles. The third-order valence-electron chi connectivity index (χ3n) is 3.26. The smallest absolute Gasteiger partial charge is 0.315 e. The van der Waals surface area contributed by atoms with E-state index >= 15 is 0 Å². The molecule has 0 aromatic heterocycles. The molecule has 0 saturated heterocycles. The first kappa shape index (κ1) is 19.2. The highest BCUT2D eigenvalue weighted by molar-refractivity contribution is 5.86. The Hall–Kier alpha value is -1.79. The van der Waals surface area contributed by atoms with Crippen LogP contribution < -0.4 is 10.6 Å². The van der Waals surface area contributed by atoms with Gasteiger partial charge in [0.05, 0.1) is 0 Å². The summed E-state index contributed by atoms with van der Waals surface area (Å²) in [6, 6.07) is -0.996. The van der Waals surface area contributed by atoms with Gasteiger partial charge < -0.3 is 20.6 Å². The van der Waals surface area contributed by atoms with Crippen molar-refractivity contribution in [2.75, 3.05) is 19.6 Å². The van der Waals surface area contributed by atoms with Crippen molar-refractivity contribution in [1.82, 2.24) is 15.5 Å². The number of rotatable bonds is 9. The molecule has 3 amide bonds. The van der Waals surface area contributed by atoms with E-state index in [2.05, 4.69) is 10.6 Å². The van der Waals surface area contributed by atoms with Crippen LogP contribution in [0, 0.1) is 5.92 Å². The number of hydrogen-bond acceptors (Lipinski definition) is 3. The maximum atomic E-state index is 12.0. The third-order valence-corrected chi connectivity index (χ3v) is 3.26. The SMILES string of the molecule is CCN(CC)C(=O)C(C)NC(=O)NCC(C)CCC(=O)O. The van der Waals surface area contributed by atoms with Crippen LogP contribution in [0.4, 0.5) is 4.79 Å². The van der Waals surface area contributed by atoms with Crippen LogP contribution in [0.15, 0.2) is 0 Å². The summed E-state index contributed by atoms with van der Waals surface area (Å²) in [5, 5.41) is 13.8. The molecule has 7 heteroatoms. The number of amides is 3. The third kappa shape index (κ3) is 8.16. The van der Waals surface area contributed by atoms with Gasteiger partial charge in [-0.25, -0.2) is 4.79 Å². The highest BCUT2D eigenvalue weighted by Crippen LogP contribution is 2.03. The molecule has 0 rings (SSSR count). The molecule has 7 nitrogen and oxygen atoms in total. The Bertz CT molecular complexity index is 356. The molecule has 0 radical (unpaired) electrons. The fourth-order valence-electron chi connectivity index (χ4n) is 1.86. The number of carboxylic acids is 1. The van der Waals surface area contributed by atoms with E-state index < -0.39 is 18.0 Å². The van der Waals surface area contributed by atoms with E-state index in [0.717, 1.165) is 0 Å². The molecular weight excluding hydrogens is 274 g/mol. The molecule has 2 atom stereocenters. The normalized spacial score (nSPS) is 13.1. The van der Waals surface area contributed by atoms with E-state index in [1.807, 2.05) is 20.8 Å². The molecular formula is C14H27N3O4. The number of urea groups is 1. The Kier molecular flexibility index (Phi) is 9.16. The van der Waals surface area contributed by atoms with Crippen molar-refractivity contribution >= 4 is 17.9 Å². The van der Waals surface area contributed by atoms with Gasteiger partial charge in [0, 0.05) is 26.1 Å². The minimum absolute atomic E-state index is 0.0700. The summed E-state index contributed by atoms with van der Waals surface area (Å²) in [6.45, 7) is 8.88. The predicted octanol–water partition coefficient (Wildman–Crippen LogP) is 1.04. The summed E-state index contributed by atoms with van der Waals surface area (Å²) in [6.07, 6.45) is 0.588.